The maximum atomic E-state index is 12.3. The predicted octanol–water partition coefficient (Wildman–Crippen LogP) is 1.95. The molecule has 0 aliphatic rings. The van der Waals surface area contributed by atoms with E-state index in [1.165, 1.54) is 26.2 Å². The van der Waals surface area contributed by atoms with Gasteiger partial charge in [-0.1, -0.05) is 0 Å². The number of benzene rings is 1. The molecule has 0 saturated carbocycles. The molecular formula is C21H27NO8. The summed E-state index contributed by atoms with van der Waals surface area (Å²) in [5, 5.41) is 22.2. The molecule has 1 atom stereocenters. The van der Waals surface area contributed by atoms with Crippen LogP contribution in [0.2, 0.25) is 0 Å². The van der Waals surface area contributed by atoms with Crippen molar-refractivity contribution in [3.8, 4) is 11.5 Å². The van der Waals surface area contributed by atoms with E-state index in [0.717, 1.165) is 6.07 Å². The molecule has 0 heterocycles. The topological polar surface area (TPSA) is 139 Å². The number of ketones is 1. The van der Waals surface area contributed by atoms with Crippen molar-refractivity contribution in [2.45, 2.75) is 33.3 Å². The van der Waals surface area contributed by atoms with Gasteiger partial charge in [-0.05, 0) is 32.4 Å². The summed E-state index contributed by atoms with van der Waals surface area (Å²) in [5.41, 5.74) is 0.903. The first kappa shape index (κ1) is 26.4. The number of ether oxygens (including phenoxy) is 2. The zero-order valence-corrected chi connectivity index (χ0v) is 17.6. The average Bonchev–Trinajstić information content (AvgIpc) is 2.71. The quantitative estimate of drug-likeness (QED) is 0.236. The number of methoxy groups -OCH3 is 1. The van der Waals surface area contributed by atoms with Gasteiger partial charge in [0.25, 0.3) is 0 Å². The third-order valence-electron chi connectivity index (χ3n) is 3.95. The largest absolute Gasteiger partial charge is 0.508 e. The molecule has 0 radical (unpaired) electrons. The molecule has 0 bridgehead atoms. The number of esters is 1. The molecule has 9 heteroatoms. The van der Waals surface area contributed by atoms with Crippen LogP contribution in [0, 0.1) is 6.92 Å². The van der Waals surface area contributed by atoms with Crippen molar-refractivity contribution in [1.82, 2.24) is 5.32 Å². The van der Waals surface area contributed by atoms with E-state index in [1.54, 1.807) is 20.9 Å². The number of aldehydes is 1. The molecule has 1 unspecified atom stereocenters. The summed E-state index contributed by atoms with van der Waals surface area (Å²) in [4.78, 5) is 44.0. The number of hydrogen-bond acceptors (Lipinski definition) is 9. The van der Waals surface area contributed by atoms with Gasteiger partial charge in [0, 0.05) is 36.9 Å². The van der Waals surface area contributed by atoms with Crippen LogP contribution in [0.5, 0.6) is 11.5 Å². The van der Waals surface area contributed by atoms with Crippen LogP contribution >= 0.6 is 0 Å². The molecule has 1 aromatic carbocycles. The van der Waals surface area contributed by atoms with E-state index in [2.05, 4.69) is 5.32 Å². The van der Waals surface area contributed by atoms with E-state index in [0.29, 0.717) is 17.5 Å². The highest BCUT2D eigenvalue weighted by molar-refractivity contribution is 6.06. The predicted molar refractivity (Wildman–Crippen MR) is 109 cm³/mol. The molecule has 0 aromatic heterocycles. The number of allylic oxidation sites excluding steroid dienone is 2. The van der Waals surface area contributed by atoms with E-state index in [4.69, 9.17) is 14.3 Å². The molecule has 164 valence electrons. The van der Waals surface area contributed by atoms with Gasteiger partial charge in [-0.3, -0.25) is 9.59 Å². The van der Waals surface area contributed by atoms with Gasteiger partial charge in [0.1, 0.15) is 36.2 Å². The van der Waals surface area contributed by atoms with Crippen molar-refractivity contribution in [3.63, 3.8) is 0 Å². The number of carbonyl (C=O) groups excluding carboxylic acids is 4. The van der Waals surface area contributed by atoms with Crippen molar-refractivity contribution < 1.29 is 38.9 Å². The highest BCUT2D eigenvalue weighted by Gasteiger charge is 2.21. The average molecular weight is 421 g/mol. The third kappa shape index (κ3) is 7.42. The standard InChI is InChI=1S/C20H25NO7.CH2O/c1-11-6-15(17(24)9-16(11)23)20(26)28-13(3)8-14(10-22)19(27-5)18(25)7-12(2)21-4;1-2/h6-7,9-10,13,21,23-24H,8H2,1-5H3;1H2/b12-7+,19-14+;. The van der Waals surface area contributed by atoms with Gasteiger partial charge in [-0.2, -0.15) is 0 Å². The van der Waals surface area contributed by atoms with E-state index in [-0.39, 0.29) is 29.1 Å². The Morgan fingerprint density at radius 3 is 2.33 bits per heavy atom. The van der Waals surface area contributed by atoms with Crippen molar-refractivity contribution in [2.75, 3.05) is 14.2 Å². The van der Waals surface area contributed by atoms with Crippen LogP contribution in [0.3, 0.4) is 0 Å². The van der Waals surface area contributed by atoms with Crippen molar-refractivity contribution in [2.24, 2.45) is 0 Å². The van der Waals surface area contributed by atoms with Gasteiger partial charge in [0.05, 0.1) is 7.11 Å². The Kier molecular flexibility index (Phi) is 11.2. The van der Waals surface area contributed by atoms with Gasteiger partial charge in [-0.15, -0.1) is 0 Å². The number of aromatic hydroxyl groups is 2. The monoisotopic (exact) mass is 421 g/mol. The molecule has 0 saturated heterocycles. The smallest absolute Gasteiger partial charge is 0.342 e. The number of carbonyl (C=O) groups is 4. The maximum Gasteiger partial charge on any atom is 0.342 e. The molecule has 0 aliphatic carbocycles. The maximum absolute atomic E-state index is 12.3. The minimum absolute atomic E-state index is 0.0408. The number of aryl methyl sites for hydroxylation is 1. The lowest BCUT2D eigenvalue weighted by atomic mass is 10.1. The van der Waals surface area contributed by atoms with E-state index >= 15 is 0 Å². The minimum atomic E-state index is -0.824. The summed E-state index contributed by atoms with van der Waals surface area (Å²) in [7, 11) is 2.92. The highest BCUT2D eigenvalue weighted by atomic mass is 16.5. The van der Waals surface area contributed by atoms with Gasteiger partial charge in [0.15, 0.2) is 5.76 Å². The molecule has 30 heavy (non-hydrogen) atoms. The minimum Gasteiger partial charge on any atom is -0.508 e. The summed E-state index contributed by atoms with van der Waals surface area (Å²) in [6.07, 6.45) is 0.921. The summed E-state index contributed by atoms with van der Waals surface area (Å²) >= 11 is 0. The second-order valence-corrected chi connectivity index (χ2v) is 6.19. The zero-order chi connectivity index (χ0) is 23.4. The van der Waals surface area contributed by atoms with E-state index in [1.807, 2.05) is 6.79 Å². The normalized spacial score (nSPS) is 12.5. The van der Waals surface area contributed by atoms with Crippen LogP contribution < -0.4 is 5.32 Å². The van der Waals surface area contributed by atoms with Gasteiger partial charge in [0.2, 0.25) is 5.78 Å². The molecule has 3 N–H and O–H groups in total. The molecule has 9 nitrogen and oxygen atoms in total. The fourth-order valence-corrected chi connectivity index (χ4v) is 2.37. The lowest BCUT2D eigenvalue weighted by molar-refractivity contribution is -0.115. The van der Waals surface area contributed by atoms with Crippen molar-refractivity contribution in [3.05, 3.63) is 46.4 Å². The first-order valence-electron chi connectivity index (χ1n) is 8.79. The van der Waals surface area contributed by atoms with Gasteiger partial charge >= 0.3 is 5.97 Å². The molecular weight excluding hydrogens is 394 g/mol. The number of phenolic OH excluding ortho intramolecular Hbond substituents is 2. The van der Waals surface area contributed by atoms with Crippen LogP contribution in [0.15, 0.2) is 35.2 Å². The van der Waals surface area contributed by atoms with E-state index in [9.17, 15) is 24.6 Å². The van der Waals surface area contributed by atoms with Crippen LogP contribution in [0.4, 0.5) is 0 Å². The Morgan fingerprint density at radius 1 is 1.23 bits per heavy atom. The third-order valence-corrected chi connectivity index (χ3v) is 3.95. The molecule has 0 amide bonds. The Hall–Kier alpha value is -3.62. The first-order valence-corrected chi connectivity index (χ1v) is 8.79. The SMILES string of the molecule is C=O.CN/C(C)=C/C(=O)/C(OC)=C(\C=O)CC(C)OC(=O)c1cc(C)c(O)cc1O. The molecule has 0 fully saturated rings. The van der Waals surface area contributed by atoms with Crippen molar-refractivity contribution >= 4 is 24.8 Å². The fraction of sp³-hybridized carbons (Fsp3) is 0.333. The lowest BCUT2D eigenvalue weighted by Gasteiger charge is -2.16. The zero-order valence-electron chi connectivity index (χ0n) is 17.6. The Bertz CT molecular complexity index is 842. The molecule has 1 rings (SSSR count). The van der Waals surface area contributed by atoms with Gasteiger partial charge in [-0.25, -0.2) is 4.79 Å². The number of hydrogen-bond donors (Lipinski definition) is 3. The van der Waals surface area contributed by atoms with Crippen molar-refractivity contribution in [1.29, 1.82) is 0 Å². The lowest BCUT2D eigenvalue weighted by Crippen LogP contribution is -2.18. The van der Waals surface area contributed by atoms with Crippen LogP contribution in [-0.4, -0.2) is 55.3 Å². The Morgan fingerprint density at radius 2 is 1.83 bits per heavy atom. The van der Waals surface area contributed by atoms with Gasteiger partial charge < -0.3 is 29.8 Å². The summed E-state index contributed by atoms with van der Waals surface area (Å²) in [6, 6.07) is 2.34. The second kappa shape index (κ2) is 12.8. The molecule has 0 aliphatic heterocycles. The summed E-state index contributed by atoms with van der Waals surface area (Å²) < 4.78 is 10.3. The summed E-state index contributed by atoms with van der Waals surface area (Å²) in [5.74, 6) is -2.04. The summed E-state index contributed by atoms with van der Waals surface area (Å²) in [6.45, 7) is 6.79. The van der Waals surface area contributed by atoms with Crippen LogP contribution in [0.25, 0.3) is 0 Å². The highest BCUT2D eigenvalue weighted by Crippen LogP contribution is 2.28. The number of rotatable bonds is 9. The molecule has 1 aromatic rings. The number of nitrogens with one attached hydrogen (secondary N) is 1. The Labute approximate surface area is 175 Å². The van der Waals surface area contributed by atoms with E-state index < -0.39 is 23.6 Å². The van der Waals surface area contributed by atoms with Crippen LogP contribution in [0.1, 0.15) is 36.2 Å². The first-order chi connectivity index (χ1) is 14.1. The Balaban J connectivity index is 0.00000407. The second-order valence-electron chi connectivity index (χ2n) is 6.19. The number of phenols is 2. The molecule has 0 spiro atoms. The fourth-order valence-electron chi connectivity index (χ4n) is 2.37. The van der Waals surface area contributed by atoms with Crippen LogP contribution in [-0.2, 0) is 23.9 Å².